The van der Waals surface area contributed by atoms with Crippen molar-refractivity contribution in [2.45, 2.75) is 13.0 Å². The second kappa shape index (κ2) is 9.66. The van der Waals surface area contributed by atoms with Crippen LogP contribution in [0.1, 0.15) is 29.0 Å². The van der Waals surface area contributed by atoms with Gasteiger partial charge in [-0.05, 0) is 36.8 Å². The lowest BCUT2D eigenvalue weighted by molar-refractivity contribution is -0.139. The number of fused-ring (bicyclic) bond motifs is 1. The Hall–Kier alpha value is -3.98. The molecule has 10 heteroatoms. The van der Waals surface area contributed by atoms with Gasteiger partial charge in [-0.3, -0.25) is 4.98 Å². The van der Waals surface area contributed by atoms with Gasteiger partial charge in [0.25, 0.3) is 0 Å². The van der Waals surface area contributed by atoms with Gasteiger partial charge in [0, 0.05) is 5.02 Å². The lowest BCUT2D eigenvalue weighted by Gasteiger charge is -2.29. The Labute approximate surface area is 193 Å². The molecule has 1 aliphatic rings. The highest BCUT2D eigenvalue weighted by molar-refractivity contribution is 6.30. The average Bonchev–Trinajstić information content (AvgIpc) is 2.82. The summed E-state index contributed by atoms with van der Waals surface area (Å²) >= 11 is 5.96. The number of halogens is 1. The van der Waals surface area contributed by atoms with Crippen molar-refractivity contribution in [3.63, 3.8) is 0 Å². The van der Waals surface area contributed by atoms with Crippen LogP contribution < -0.4 is 10.6 Å². The number of aromatic nitrogens is 2. The lowest BCUT2D eigenvalue weighted by atomic mass is 9.95. The van der Waals surface area contributed by atoms with E-state index in [1.165, 1.54) is 6.20 Å². The SMILES string of the molecule is CCOC(=O)C1=C(COC(=O)c2cnc3ccccc3n2)NC(=O)NC1c1ccc(Cl)cc1. The molecular formula is C23H19ClN4O5. The minimum atomic E-state index is -0.816. The van der Waals surface area contributed by atoms with E-state index in [0.717, 1.165) is 0 Å². The highest BCUT2D eigenvalue weighted by Crippen LogP contribution is 2.29. The van der Waals surface area contributed by atoms with Crippen molar-refractivity contribution < 1.29 is 23.9 Å². The molecule has 0 saturated carbocycles. The first-order valence-electron chi connectivity index (χ1n) is 10.1. The molecule has 4 rings (SSSR count). The third kappa shape index (κ3) is 4.93. The zero-order valence-electron chi connectivity index (χ0n) is 17.5. The van der Waals surface area contributed by atoms with E-state index in [4.69, 9.17) is 21.1 Å². The molecule has 2 aromatic carbocycles. The second-order valence-corrected chi connectivity index (χ2v) is 7.45. The minimum Gasteiger partial charge on any atom is -0.463 e. The first kappa shape index (κ1) is 22.2. The molecule has 2 amide bonds. The van der Waals surface area contributed by atoms with Gasteiger partial charge >= 0.3 is 18.0 Å². The predicted octanol–water partition coefficient (Wildman–Crippen LogP) is 3.31. The Morgan fingerprint density at radius 1 is 1.03 bits per heavy atom. The maximum atomic E-state index is 12.8. The second-order valence-electron chi connectivity index (χ2n) is 7.02. The highest BCUT2D eigenvalue weighted by atomic mass is 35.5. The Morgan fingerprint density at radius 3 is 2.48 bits per heavy atom. The van der Waals surface area contributed by atoms with Crippen LogP contribution in [0.5, 0.6) is 0 Å². The number of hydrogen-bond acceptors (Lipinski definition) is 7. The molecule has 168 valence electrons. The van der Waals surface area contributed by atoms with Gasteiger partial charge in [-0.2, -0.15) is 0 Å². The van der Waals surface area contributed by atoms with Crippen molar-refractivity contribution in [3.05, 3.63) is 82.3 Å². The van der Waals surface area contributed by atoms with E-state index in [0.29, 0.717) is 21.6 Å². The van der Waals surface area contributed by atoms with Gasteiger partial charge in [-0.1, -0.05) is 35.9 Å². The number of benzene rings is 2. The standard InChI is InChI=1S/C23H19ClN4O5/c1-2-32-22(30)19-18(27-23(31)28-20(19)13-7-9-14(24)10-8-13)12-33-21(29)17-11-25-15-5-3-4-6-16(15)26-17/h3-11,20H,2,12H2,1H3,(H2,27,28,31). The van der Waals surface area contributed by atoms with Crippen molar-refractivity contribution in [2.75, 3.05) is 13.2 Å². The molecule has 1 aliphatic heterocycles. The van der Waals surface area contributed by atoms with E-state index in [9.17, 15) is 14.4 Å². The van der Waals surface area contributed by atoms with Gasteiger partial charge in [-0.15, -0.1) is 0 Å². The molecule has 9 nitrogen and oxygen atoms in total. The number of rotatable bonds is 6. The molecule has 1 atom stereocenters. The van der Waals surface area contributed by atoms with Gasteiger partial charge in [0.1, 0.15) is 6.61 Å². The number of carbonyl (C=O) groups is 3. The molecule has 0 radical (unpaired) electrons. The summed E-state index contributed by atoms with van der Waals surface area (Å²) in [4.78, 5) is 46.1. The molecular weight excluding hydrogens is 448 g/mol. The maximum Gasteiger partial charge on any atom is 0.358 e. The molecule has 2 N–H and O–H groups in total. The maximum absolute atomic E-state index is 12.8. The summed E-state index contributed by atoms with van der Waals surface area (Å²) in [6, 6.07) is 12.4. The third-order valence-electron chi connectivity index (χ3n) is 4.86. The third-order valence-corrected chi connectivity index (χ3v) is 5.11. The van der Waals surface area contributed by atoms with Crippen LogP contribution in [0, 0.1) is 0 Å². The minimum absolute atomic E-state index is 0.00139. The number of hydrogen-bond donors (Lipinski definition) is 2. The van der Waals surface area contributed by atoms with E-state index in [1.807, 2.05) is 6.07 Å². The number of nitrogens with zero attached hydrogens (tertiary/aromatic N) is 2. The molecule has 1 aromatic heterocycles. The summed E-state index contributed by atoms with van der Waals surface area (Å²) in [7, 11) is 0. The summed E-state index contributed by atoms with van der Waals surface area (Å²) in [5, 5.41) is 5.74. The van der Waals surface area contributed by atoms with Crippen molar-refractivity contribution >= 4 is 40.6 Å². The highest BCUT2D eigenvalue weighted by Gasteiger charge is 2.34. The molecule has 0 spiro atoms. The quantitative estimate of drug-likeness (QED) is 0.535. The van der Waals surface area contributed by atoms with Crippen LogP contribution in [-0.4, -0.2) is 41.2 Å². The molecule has 0 aliphatic carbocycles. The van der Waals surface area contributed by atoms with Crippen LogP contribution in [0.2, 0.25) is 5.02 Å². The van der Waals surface area contributed by atoms with Crippen molar-refractivity contribution in [3.8, 4) is 0 Å². The fourth-order valence-electron chi connectivity index (χ4n) is 3.35. The monoisotopic (exact) mass is 466 g/mol. The summed E-state index contributed by atoms with van der Waals surface area (Å²) in [5.41, 5.74) is 2.02. The van der Waals surface area contributed by atoms with Crippen molar-refractivity contribution in [1.29, 1.82) is 0 Å². The lowest BCUT2D eigenvalue weighted by Crippen LogP contribution is -2.47. The van der Waals surface area contributed by atoms with Crippen LogP contribution in [0.4, 0.5) is 4.79 Å². The molecule has 2 heterocycles. The molecule has 0 bridgehead atoms. The number of esters is 2. The molecule has 1 unspecified atom stereocenters. The van der Waals surface area contributed by atoms with Crippen molar-refractivity contribution in [1.82, 2.24) is 20.6 Å². The molecule has 0 fully saturated rings. The van der Waals surface area contributed by atoms with Crippen LogP contribution in [0.15, 0.2) is 66.0 Å². The number of amides is 2. The number of nitrogens with one attached hydrogen (secondary N) is 2. The smallest absolute Gasteiger partial charge is 0.358 e. The van der Waals surface area contributed by atoms with Gasteiger partial charge < -0.3 is 20.1 Å². The van der Waals surface area contributed by atoms with E-state index in [-0.39, 0.29) is 30.2 Å². The van der Waals surface area contributed by atoms with Crippen LogP contribution >= 0.6 is 11.6 Å². The molecule has 33 heavy (non-hydrogen) atoms. The van der Waals surface area contributed by atoms with Gasteiger partial charge in [0.05, 0.1) is 41.1 Å². The fraction of sp³-hybridized carbons (Fsp3) is 0.174. The summed E-state index contributed by atoms with van der Waals surface area (Å²) in [6.07, 6.45) is 1.31. The summed E-state index contributed by atoms with van der Waals surface area (Å²) in [5.74, 6) is -1.40. The largest absolute Gasteiger partial charge is 0.463 e. The van der Waals surface area contributed by atoms with E-state index in [2.05, 4.69) is 20.6 Å². The normalized spacial score (nSPS) is 15.6. The zero-order chi connectivity index (χ0) is 23.4. The fourth-order valence-corrected chi connectivity index (χ4v) is 3.48. The molecule has 3 aromatic rings. The van der Waals surface area contributed by atoms with Crippen LogP contribution in [0.3, 0.4) is 0 Å². The van der Waals surface area contributed by atoms with Gasteiger partial charge in [0.2, 0.25) is 0 Å². The zero-order valence-corrected chi connectivity index (χ0v) is 18.3. The van der Waals surface area contributed by atoms with E-state index >= 15 is 0 Å². The Balaban J connectivity index is 1.63. The predicted molar refractivity (Wildman–Crippen MR) is 119 cm³/mol. The van der Waals surface area contributed by atoms with E-state index < -0.39 is 24.0 Å². The first-order valence-corrected chi connectivity index (χ1v) is 10.5. The Kier molecular flexibility index (Phi) is 6.50. The summed E-state index contributed by atoms with van der Waals surface area (Å²) < 4.78 is 10.5. The number of ether oxygens (including phenoxy) is 2. The van der Waals surface area contributed by atoms with Crippen LogP contribution in [0.25, 0.3) is 11.0 Å². The van der Waals surface area contributed by atoms with Gasteiger partial charge in [-0.25, -0.2) is 19.4 Å². The van der Waals surface area contributed by atoms with Crippen LogP contribution in [-0.2, 0) is 14.3 Å². The Bertz CT molecular complexity index is 1260. The Morgan fingerprint density at radius 2 is 1.76 bits per heavy atom. The number of carbonyl (C=O) groups excluding carboxylic acids is 3. The average molecular weight is 467 g/mol. The molecule has 0 saturated heterocycles. The topological polar surface area (TPSA) is 120 Å². The van der Waals surface area contributed by atoms with Crippen molar-refractivity contribution in [2.24, 2.45) is 0 Å². The first-order chi connectivity index (χ1) is 16.0. The summed E-state index contributed by atoms with van der Waals surface area (Å²) in [6.45, 7) is 1.42. The van der Waals surface area contributed by atoms with Gasteiger partial charge in [0.15, 0.2) is 5.69 Å². The number of para-hydroxylation sites is 2. The van der Waals surface area contributed by atoms with E-state index in [1.54, 1.807) is 49.4 Å². The number of urea groups is 1.